The van der Waals surface area contributed by atoms with Gasteiger partial charge in [-0.25, -0.2) is 0 Å². The number of nitrogens with one attached hydrogen (secondary N) is 4. The number of carboxylic acids is 1. The van der Waals surface area contributed by atoms with Crippen LogP contribution in [0.5, 0.6) is 0 Å². The highest BCUT2D eigenvalue weighted by Crippen LogP contribution is 2.35. The Morgan fingerprint density at radius 1 is 0.430 bits per heavy atom. The highest BCUT2D eigenvalue weighted by Gasteiger charge is 2.33. The Balaban J connectivity index is 0.000000221. The number of rotatable bonds is 34. The third-order valence-corrected chi connectivity index (χ3v) is 23.3. The number of ether oxygens (including phenoxy) is 1. The molecule has 27 nitrogen and oxygen atoms in total. The number of aromatic nitrogens is 8. The zero-order chi connectivity index (χ0) is 97.9. The van der Waals surface area contributed by atoms with Crippen molar-refractivity contribution in [1.29, 1.82) is 0 Å². The Morgan fingerprint density at radius 2 is 0.867 bits per heavy atom. The molecule has 714 valence electrons. The molecule has 4 amide bonds. The molecule has 135 heavy (non-hydrogen) atoms. The summed E-state index contributed by atoms with van der Waals surface area (Å²) >= 11 is 0. The van der Waals surface area contributed by atoms with E-state index in [0.29, 0.717) is 43.6 Å². The van der Waals surface area contributed by atoms with Gasteiger partial charge in [-0.1, -0.05) is 122 Å². The number of aliphatic carboxylic acids is 1. The number of hydrogen-bond acceptors (Lipinski definition) is 18. The van der Waals surface area contributed by atoms with Gasteiger partial charge in [0, 0.05) is 135 Å². The standard InChI is InChI=1S/C28H34N4O3.C28H33N3O3.C27H38N4O4.C24H24N2O4.CH4/c1-17(2)9-25(32-8-7-18(3)10-26(32)34)28(35)31-24(11-21(6)33)22-12-23(16-30-15-22)27-19(4)13-29-14-20(27)5;1-18(2)13-25(31-12-7-6-11-26(31)33)28(34)30-24(14-21(5)32)22-15-23(17-29-16-22)27-19(3)9-8-10-20(27)4;1-17(2)11-25(31-8-7-18(3)12-26(31)33)27(34)29-23(13-20(5)32)22-14-24(21(6)28-15-22)30-9-10-35-16-19(30)4;1-16-7-3-4-11-20(16)18-9-5-10-19(13-18)21(14-23(28)29)25-22(27)15-26-12-6-8-17(2)24(26)30;/h7-8,10,12-17,24-25H,9,11H2,1-6H3,(H,31,35);6-12,15-18,24-25H,13-14H2,1-5H3,(H,30,34);7-8,12,14-15,17,19,23,25H,9-11,13,16H2,1-6H3,(H,29,34);3-13,21H,14-15H2,1-2H3,(H,25,27)(H,28,29);1H4/t2*24-,25+;19-,23+,25?;21-;/m0100./s1. The number of hydrogen-bond donors (Lipinski definition) is 5. The van der Waals surface area contributed by atoms with Crippen molar-refractivity contribution in [3.05, 3.63) is 322 Å². The van der Waals surface area contributed by atoms with Crippen LogP contribution in [0.25, 0.3) is 33.4 Å². The predicted molar refractivity (Wildman–Crippen MR) is 530 cm³/mol. The van der Waals surface area contributed by atoms with Crippen LogP contribution in [-0.4, -0.2) is 116 Å². The van der Waals surface area contributed by atoms with Gasteiger partial charge >= 0.3 is 5.97 Å². The molecule has 0 saturated carbocycles. The predicted octanol–water partition coefficient (Wildman–Crippen LogP) is 17.2. The van der Waals surface area contributed by atoms with E-state index in [9.17, 15) is 62.6 Å². The average Bonchev–Trinajstić information content (AvgIpc) is 0.809. The number of carboxylic acid groups (broad SMARTS) is 1. The number of aryl methyl sites for hydroxylation is 9. The lowest BCUT2D eigenvalue weighted by atomic mass is 9.94. The molecule has 5 N–H and O–H groups in total. The van der Waals surface area contributed by atoms with Gasteiger partial charge in [0.05, 0.1) is 55.2 Å². The number of anilines is 1. The van der Waals surface area contributed by atoms with Crippen LogP contribution in [0.4, 0.5) is 5.69 Å². The first-order valence-electron chi connectivity index (χ1n) is 45.6. The van der Waals surface area contributed by atoms with Crippen molar-refractivity contribution in [3.63, 3.8) is 0 Å². The minimum atomic E-state index is -1.02. The van der Waals surface area contributed by atoms with Gasteiger partial charge in [-0.15, -0.1) is 0 Å². The summed E-state index contributed by atoms with van der Waals surface area (Å²) in [4.78, 5) is 171. The molecule has 1 aliphatic heterocycles. The van der Waals surface area contributed by atoms with Gasteiger partial charge in [-0.05, 0) is 259 Å². The van der Waals surface area contributed by atoms with E-state index in [1.54, 1.807) is 105 Å². The van der Waals surface area contributed by atoms with Crippen molar-refractivity contribution in [1.82, 2.24) is 59.5 Å². The minimum Gasteiger partial charge on any atom is -0.481 e. The molecule has 0 spiro atoms. The summed E-state index contributed by atoms with van der Waals surface area (Å²) in [6.07, 6.45) is 20.5. The first-order chi connectivity index (χ1) is 63.6. The molecular formula is C108H133N13O14. The van der Waals surface area contributed by atoms with E-state index >= 15 is 0 Å². The molecule has 8 atom stereocenters. The fourth-order valence-electron chi connectivity index (χ4n) is 16.7. The number of benzene rings is 3. The molecule has 1 aliphatic rings. The quantitative estimate of drug-likeness (QED) is 0.0250. The molecule has 1 saturated heterocycles. The summed E-state index contributed by atoms with van der Waals surface area (Å²) in [7, 11) is 0. The number of pyridine rings is 8. The molecule has 0 bridgehead atoms. The summed E-state index contributed by atoms with van der Waals surface area (Å²) in [6.45, 7) is 38.0. The summed E-state index contributed by atoms with van der Waals surface area (Å²) < 4.78 is 11.3. The maximum Gasteiger partial charge on any atom is 0.305 e. The van der Waals surface area contributed by atoms with Gasteiger partial charge in [0.15, 0.2) is 0 Å². The smallest absolute Gasteiger partial charge is 0.305 e. The van der Waals surface area contributed by atoms with E-state index in [-0.39, 0.29) is 121 Å². The maximum atomic E-state index is 13.6. The number of nitrogens with zero attached hydrogens (tertiary/aromatic N) is 9. The van der Waals surface area contributed by atoms with E-state index in [1.165, 1.54) is 57.2 Å². The third kappa shape index (κ3) is 30.6. The first-order valence-corrected chi connectivity index (χ1v) is 45.6. The number of carbonyl (C=O) groups excluding carboxylic acids is 7. The van der Waals surface area contributed by atoms with E-state index in [0.717, 1.165) is 107 Å². The van der Waals surface area contributed by atoms with Crippen molar-refractivity contribution < 1.29 is 48.2 Å². The highest BCUT2D eigenvalue weighted by molar-refractivity contribution is 5.86. The third-order valence-electron chi connectivity index (χ3n) is 23.3. The zero-order valence-corrected chi connectivity index (χ0v) is 80.5. The summed E-state index contributed by atoms with van der Waals surface area (Å²) in [5.41, 5.74) is 17.5. The van der Waals surface area contributed by atoms with Crippen molar-refractivity contribution in [2.24, 2.45) is 17.8 Å². The van der Waals surface area contributed by atoms with Crippen LogP contribution in [0.2, 0.25) is 0 Å². The fraction of sp³-hybridized carbons (Fsp3) is 0.389. The second kappa shape index (κ2) is 50.3. The monoisotopic (exact) mass is 1840 g/mol. The number of Topliss-reactive ketones (excluding diaryl/α,β-unsaturated/α-hetero) is 3. The van der Waals surface area contributed by atoms with Gasteiger partial charge in [0.2, 0.25) is 23.6 Å². The molecule has 8 aromatic heterocycles. The Hall–Kier alpha value is -13.8. The topological polar surface area (TPSA) is 357 Å². The van der Waals surface area contributed by atoms with E-state index in [1.807, 2.05) is 162 Å². The fourth-order valence-corrected chi connectivity index (χ4v) is 16.7. The minimum absolute atomic E-state index is 0. The highest BCUT2D eigenvalue weighted by atomic mass is 16.5. The van der Waals surface area contributed by atoms with Crippen LogP contribution in [0.15, 0.2) is 227 Å². The molecule has 11 aromatic rings. The molecule has 1 fully saturated rings. The van der Waals surface area contributed by atoms with E-state index in [2.05, 4.69) is 79.0 Å². The second-order valence-electron chi connectivity index (χ2n) is 36.4. The number of carbonyl (C=O) groups is 8. The summed E-state index contributed by atoms with van der Waals surface area (Å²) in [5.74, 6) is -1.85. The van der Waals surface area contributed by atoms with Gasteiger partial charge in [0.1, 0.15) is 42.0 Å². The molecule has 27 heteroatoms. The van der Waals surface area contributed by atoms with Crippen molar-refractivity contribution in [2.45, 2.75) is 239 Å². The van der Waals surface area contributed by atoms with Crippen LogP contribution in [0, 0.1) is 80.1 Å². The molecule has 3 aromatic carbocycles. The first kappa shape index (κ1) is 107. The lowest BCUT2D eigenvalue weighted by Crippen LogP contribution is -2.44. The Labute approximate surface area is 792 Å². The lowest BCUT2D eigenvalue weighted by Gasteiger charge is -2.36. The molecule has 0 radical (unpaired) electrons. The molecule has 0 aliphatic carbocycles. The van der Waals surface area contributed by atoms with Gasteiger partial charge in [0.25, 0.3) is 22.2 Å². The number of ketones is 3. The van der Waals surface area contributed by atoms with Crippen LogP contribution < -0.4 is 48.4 Å². The van der Waals surface area contributed by atoms with Gasteiger partial charge < -0.3 is 54.3 Å². The Bertz CT molecular complexity index is 6210. The molecular weight excluding hydrogens is 1700 g/mol. The van der Waals surface area contributed by atoms with Crippen molar-refractivity contribution in [3.8, 4) is 33.4 Å². The second-order valence-corrected chi connectivity index (χ2v) is 36.4. The number of amides is 4. The summed E-state index contributed by atoms with van der Waals surface area (Å²) in [5, 5.41) is 21.3. The van der Waals surface area contributed by atoms with E-state index < -0.39 is 54.2 Å². The Kier molecular flexibility index (Phi) is 39.7. The maximum absolute atomic E-state index is 13.6. The van der Waals surface area contributed by atoms with Crippen LogP contribution >= 0.6 is 0 Å². The lowest BCUT2D eigenvalue weighted by molar-refractivity contribution is -0.138. The Morgan fingerprint density at radius 3 is 1.33 bits per heavy atom. The van der Waals surface area contributed by atoms with Crippen LogP contribution in [0.1, 0.15) is 236 Å². The van der Waals surface area contributed by atoms with Gasteiger partial charge in [-0.2, -0.15) is 0 Å². The molecule has 9 heterocycles. The summed E-state index contributed by atoms with van der Waals surface area (Å²) in [6, 6.07) is 38.3. The van der Waals surface area contributed by atoms with Crippen LogP contribution in [0.3, 0.4) is 0 Å². The van der Waals surface area contributed by atoms with Crippen LogP contribution in [-0.2, 0) is 49.6 Å². The van der Waals surface area contributed by atoms with Crippen molar-refractivity contribution in [2.75, 3.05) is 24.7 Å². The van der Waals surface area contributed by atoms with Crippen molar-refractivity contribution >= 4 is 52.6 Å². The molecule has 1 unspecified atom stereocenters. The zero-order valence-electron chi connectivity index (χ0n) is 80.5. The largest absolute Gasteiger partial charge is 0.481 e. The number of morpholine rings is 1. The van der Waals surface area contributed by atoms with Gasteiger partial charge in [-0.3, -0.25) is 77.5 Å². The molecule has 12 rings (SSSR count). The SMILES string of the molecule is C.CC(=O)C[C@@H](NC(=O)C(CC(C)C)n1ccc(C)cc1=O)c1cnc(C)c(N2CCOC[C@@H]2C)c1.CC(=O)C[C@@H](NC(=O)[C@H](CC(C)C)n1ccccc1=O)c1cncc(-c2c(C)cccc2C)c1.CC(=O)C[C@H](NC(=O)[C@@H](CC(C)C)n1ccc(C)cc1=O)c1cncc(-c2c(C)cncc2C)c1.Cc1ccccc1-c1cccc([C@H](CC(=O)O)NC(=O)Cn2cccc(C)c2=O)c1. The van der Waals surface area contributed by atoms with E-state index in [4.69, 9.17) is 4.74 Å². The normalized spacial score (nSPS) is 13.8. The average molecular weight is 1840 g/mol.